The van der Waals surface area contributed by atoms with E-state index in [4.69, 9.17) is 9.84 Å². The van der Waals surface area contributed by atoms with Crippen molar-refractivity contribution in [3.63, 3.8) is 0 Å². The fourth-order valence-electron chi connectivity index (χ4n) is 2.64. The fourth-order valence-corrected chi connectivity index (χ4v) is 2.64. The van der Waals surface area contributed by atoms with Crippen LogP contribution in [0.25, 0.3) is 6.08 Å². The van der Waals surface area contributed by atoms with Crippen LogP contribution in [-0.4, -0.2) is 29.5 Å². The van der Waals surface area contributed by atoms with Gasteiger partial charge < -0.3 is 14.9 Å². The molecule has 1 unspecified atom stereocenters. The molecule has 1 rings (SSSR count). The smallest absolute Gasteiger partial charge is 0.120 e. The molecule has 2 N–H and O–H groups in total. The van der Waals surface area contributed by atoms with Crippen LogP contribution in [0.4, 0.5) is 0 Å². The molecule has 150 valence electrons. The van der Waals surface area contributed by atoms with Gasteiger partial charge in [-0.05, 0) is 30.5 Å². The molecule has 0 aliphatic heterocycles. The van der Waals surface area contributed by atoms with Crippen molar-refractivity contribution in [1.29, 1.82) is 0 Å². The maximum Gasteiger partial charge on any atom is 0.120 e. The monoisotopic (exact) mass is 372 g/mol. The SMILES string of the molecule is CCCCCCCCCC=CC=CC=Cc1cccc(OCC(O)CO)c1. The van der Waals surface area contributed by atoms with Gasteiger partial charge in [-0.1, -0.05) is 94.0 Å². The zero-order chi connectivity index (χ0) is 19.6. The molecule has 0 aromatic heterocycles. The quantitative estimate of drug-likeness (QED) is 0.307. The van der Waals surface area contributed by atoms with Gasteiger partial charge in [0.05, 0.1) is 6.61 Å². The second-order valence-corrected chi connectivity index (χ2v) is 6.80. The average molecular weight is 373 g/mol. The standard InChI is InChI=1S/C24H36O3/c1-2-3-4-5-6-7-8-9-10-11-12-13-14-16-22-17-15-18-24(19-22)27-21-23(26)20-25/h10-19,23,25-26H,2-9,20-21H2,1H3. The Morgan fingerprint density at radius 1 is 0.963 bits per heavy atom. The Morgan fingerprint density at radius 3 is 2.48 bits per heavy atom. The molecule has 0 fully saturated rings. The Balaban J connectivity index is 2.19. The van der Waals surface area contributed by atoms with Gasteiger partial charge >= 0.3 is 0 Å². The molecule has 0 spiro atoms. The Bertz CT molecular complexity index is 560. The highest BCUT2D eigenvalue weighted by Crippen LogP contribution is 2.15. The highest BCUT2D eigenvalue weighted by Gasteiger charge is 2.02. The lowest BCUT2D eigenvalue weighted by Gasteiger charge is -2.09. The minimum atomic E-state index is -0.847. The lowest BCUT2D eigenvalue weighted by atomic mass is 10.1. The average Bonchev–Trinajstić information content (AvgIpc) is 2.70. The summed E-state index contributed by atoms with van der Waals surface area (Å²) in [5.74, 6) is 0.684. The van der Waals surface area contributed by atoms with Gasteiger partial charge in [-0.2, -0.15) is 0 Å². The molecule has 0 aliphatic rings. The summed E-state index contributed by atoms with van der Waals surface area (Å²) in [7, 11) is 0. The van der Waals surface area contributed by atoms with Gasteiger partial charge in [0, 0.05) is 0 Å². The first-order valence-corrected chi connectivity index (χ1v) is 10.3. The number of hydrogen-bond acceptors (Lipinski definition) is 3. The van der Waals surface area contributed by atoms with E-state index in [1.165, 1.54) is 44.9 Å². The van der Waals surface area contributed by atoms with Gasteiger partial charge in [-0.15, -0.1) is 0 Å². The van der Waals surface area contributed by atoms with E-state index in [0.29, 0.717) is 5.75 Å². The summed E-state index contributed by atoms with van der Waals surface area (Å²) < 4.78 is 5.45. The largest absolute Gasteiger partial charge is 0.491 e. The molecule has 0 heterocycles. The van der Waals surface area contributed by atoms with Crippen LogP contribution in [0.3, 0.4) is 0 Å². The zero-order valence-corrected chi connectivity index (χ0v) is 16.7. The third-order valence-electron chi connectivity index (χ3n) is 4.24. The van der Waals surface area contributed by atoms with Gasteiger partial charge in [0.15, 0.2) is 0 Å². The van der Waals surface area contributed by atoms with Crippen LogP contribution >= 0.6 is 0 Å². The van der Waals surface area contributed by atoms with Gasteiger partial charge in [0.25, 0.3) is 0 Å². The third kappa shape index (κ3) is 13.0. The van der Waals surface area contributed by atoms with Crippen molar-refractivity contribution in [2.45, 2.75) is 64.4 Å². The summed E-state index contributed by atoms with van der Waals surface area (Å²) in [4.78, 5) is 0. The normalized spacial score (nSPS) is 13.1. The van der Waals surface area contributed by atoms with Crippen molar-refractivity contribution in [1.82, 2.24) is 0 Å². The fraction of sp³-hybridized carbons (Fsp3) is 0.500. The number of aliphatic hydroxyl groups excluding tert-OH is 2. The van der Waals surface area contributed by atoms with Crippen molar-refractivity contribution < 1.29 is 14.9 Å². The van der Waals surface area contributed by atoms with Crippen molar-refractivity contribution in [3.8, 4) is 5.75 Å². The van der Waals surface area contributed by atoms with E-state index in [2.05, 4.69) is 25.2 Å². The molecule has 1 aromatic rings. The van der Waals surface area contributed by atoms with E-state index in [9.17, 15) is 5.11 Å². The number of aliphatic hydroxyl groups is 2. The van der Waals surface area contributed by atoms with Crippen molar-refractivity contribution in [2.24, 2.45) is 0 Å². The van der Waals surface area contributed by atoms with Crippen LogP contribution in [0.5, 0.6) is 5.75 Å². The summed E-state index contributed by atoms with van der Waals surface area (Å²) >= 11 is 0. The van der Waals surface area contributed by atoms with Crippen LogP contribution < -0.4 is 4.74 Å². The highest BCUT2D eigenvalue weighted by molar-refractivity contribution is 5.53. The van der Waals surface area contributed by atoms with Crippen LogP contribution in [-0.2, 0) is 0 Å². The molecule has 0 saturated heterocycles. The van der Waals surface area contributed by atoms with Crippen LogP contribution in [0.2, 0.25) is 0 Å². The first-order valence-electron chi connectivity index (χ1n) is 10.3. The maximum absolute atomic E-state index is 9.32. The predicted molar refractivity (Wildman–Crippen MR) is 115 cm³/mol. The van der Waals surface area contributed by atoms with Crippen LogP contribution in [0.1, 0.15) is 63.9 Å². The summed E-state index contributed by atoms with van der Waals surface area (Å²) in [6, 6.07) is 7.65. The Kier molecular flexibility index (Phi) is 14.0. The number of ether oxygens (including phenoxy) is 1. The molecule has 27 heavy (non-hydrogen) atoms. The molecule has 3 heteroatoms. The number of rotatable bonds is 15. The van der Waals surface area contributed by atoms with Gasteiger partial charge in [0.1, 0.15) is 18.5 Å². The first-order chi connectivity index (χ1) is 13.3. The summed E-state index contributed by atoms with van der Waals surface area (Å²) in [5.41, 5.74) is 1.03. The second-order valence-electron chi connectivity index (χ2n) is 6.80. The summed E-state index contributed by atoms with van der Waals surface area (Å²) in [5, 5.41) is 18.1. The molecule has 0 saturated carbocycles. The predicted octanol–water partition coefficient (Wildman–Crippen LogP) is 5.68. The lowest BCUT2D eigenvalue weighted by Crippen LogP contribution is -2.21. The third-order valence-corrected chi connectivity index (χ3v) is 4.24. The van der Waals surface area contributed by atoms with Crippen molar-refractivity contribution >= 4 is 6.08 Å². The van der Waals surface area contributed by atoms with Gasteiger partial charge in [0.2, 0.25) is 0 Å². The highest BCUT2D eigenvalue weighted by atomic mass is 16.5. The minimum Gasteiger partial charge on any atom is -0.491 e. The first kappa shape index (κ1) is 23.2. The molecular weight excluding hydrogens is 336 g/mol. The van der Waals surface area contributed by atoms with E-state index in [1.54, 1.807) is 0 Å². The Morgan fingerprint density at radius 2 is 1.70 bits per heavy atom. The number of unbranched alkanes of at least 4 members (excludes halogenated alkanes) is 7. The maximum atomic E-state index is 9.32. The van der Waals surface area contributed by atoms with Crippen LogP contribution in [0, 0.1) is 0 Å². The van der Waals surface area contributed by atoms with E-state index in [0.717, 1.165) is 12.0 Å². The number of allylic oxidation sites excluding steroid dienone is 5. The van der Waals surface area contributed by atoms with Gasteiger partial charge in [-0.25, -0.2) is 0 Å². The molecule has 0 amide bonds. The lowest BCUT2D eigenvalue weighted by molar-refractivity contribution is 0.0536. The van der Waals surface area contributed by atoms with Crippen molar-refractivity contribution in [3.05, 3.63) is 60.2 Å². The van der Waals surface area contributed by atoms with Gasteiger partial charge in [-0.3, -0.25) is 0 Å². The molecule has 0 bridgehead atoms. The topological polar surface area (TPSA) is 49.7 Å². The van der Waals surface area contributed by atoms with E-state index < -0.39 is 6.10 Å². The zero-order valence-electron chi connectivity index (χ0n) is 16.7. The molecule has 1 aromatic carbocycles. The summed E-state index contributed by atoms with van der Waals surface area (Å²) in [6.45, 7) is 2.05. The number of benzene rings is 1. The molecule has 1 atom stereocenters. The molecule has 3 nitrogen and oxygen atoms in total. The molecule has 0 aliphatic carbocycles. The summed E-state index contributed by atoms with van der Waals surface area (Å²) in [6.07, 6.45) is 22.2. The van der Waals surface area contributed by atoms with Crippen LogP contribution in [0.15, 0.2) is 54.6 Å². The van der Waals surface area contributed by atoms with E-state index >= 15 is 0 Å². The van der Waals surface area contributed by atoms with E-state index in [-0.39, 0.29) is 13.2 Å². The Hall–Kier alpha value is -1.84. The Labute approximate surface area is 165 Å². The number of hydrogen-bond donors (Lipinski definition) is 2. The minimum absolute atomic E-state index is 0.0904. The second kappa shape index (κ2) is 16.3. The molecule has 0 radical (unpaired) electrons. The van der Waals surface area contributed by atoms with Crippen molar-refractivity contribution in [2.75, 3.05) is 13.2 Å². The van der Waals surface area contributed by atoms with E-state index in [1.807, 2.05) is 42.5 Å². The molecular formula is C24H36O3.